The van der Waals surface area contributed by atoms with E-state index in [0.29, 0.717) is 6.54 Å². The van der Waals surface area contributed by atoms with Crippen LogP contribution in [0.2, 0.25) is 0 Å². The standard InChI is InChI=1S/C18H23N5O.ClH/c1-12-14(15-6-4-5-7-16(15)22-12)8-9-20-18(24)17(19-2)13-10-21-23(3)11-13;/h4-7,10-11,17,19,22H,8-9H2,1-3H3,(H,20,24);1H. The summed E-state index contributed by atoms with van der Waals surface area (Å²) in [6.45, 7) is 2.67. The van der Waals surface area contributed by atoms with Crippen molar-refractivity contribution >= 4 is 29.2 Å². The molecule has 25 heavy (non-hydrogen) atoms. The van der Waals surface area contributed by atoms with Crippen LogP contribution < -0.4 is 10.6 Å². The van der Waals surface area contributed by atoms with E-state index in [1.54, 1.807) is 17.9 Å². The Morgan fingerprint density at radius 1 is 1.36 bits per heavy atom. The largest absolute Gasteiger partial charge is 0.358 e. The van der Waals surface area contributed by atoms with Crippen molar-refractivity contribution in [3.05, 3.63) is 53.5 Å². The van der Waals surface area contributed by atoms with Gasteiger partial charge in [-0.1, -0.05) is 18.2 Å². The summed E-state index contributed by atoms with van der Waals surface area (Å²) in [5, 5.41) is 11.4. The number of aromatic amines is 1. The van der Waals surface area contributed by atoms with Gasteiger partial charge in [0, 0.05) is 41.9 Å². The van der Waals surface area contributed by atoms with Gasteiger partial charge in [0.15, 0.2) is 0 Å². The monoisotopic (exact) mass is 361 g/mol. The number of amides is 1. The Kier molecular flexibility index (Phi) is 6.22. The van der Waals surface area contributed by atoms with Crippen LogP contribution in [0.25, 0.3) is 10.9 Å². The van der Waals surface area contributed by atoms with E-state index in [1.807, 2.05) is 25.4 Å². The van der Waals surface area contributed by atoms with Crippen molar-refractivity contribution in [2.45, 2.75) is 19.4 Å². The van der Waals surface area contributed by atoms with Crippen LogP contribution in [0.4, 0.5) is 0 Å². The molecular formula is C18H24ClN5O. The fourth-order valence-corrected chi connectivity index (χ4v) is 3.11. The Morgan fingerprint density at radius 2 is 2.12 bits per heavy atom. The summed E-state index contributed by atoms with van der Waals surface area (Å²) in [5.41, 5.74) is 4.41. The molecule has 1 atom stereocenters. The lowest BCUT2D eigenvalue weighted by Crippen LogP contribution is -2.36. The predicted molar refractivity (Wildman–Crippen MR) is 102 cm³/mol. The lowest BCUT2D eigenvalue weighted by molar-refractivity contribution is -0.123. The van der Waals surface area contributed by atoms with Crippen LogP contribution in [0.1, 0.15) is 22.9 Å². The highest BCUT2D eigenvalue weighted by molar-refractivity contribution is 5.86. The molecule has 0 saturated carbocycles. The maximum Gasteiger partial charge on any atom is 0.241 e. The molecule has 0 radical (unpaired) electrons. The number of rotatable bonds is 6. The van der Waals surface area contributed by atoms with Crippen molar-refractivity contribution in [2.24, 2.45) is 7.05 Å². The van der Waals surface area contributed by atoms with Gasteiger partial charge in [0.05, 0.1) is 6.20 Å². The summed E-state index contributed by atoms with van der Waals surface area (Å²) in [7, 11) is 3.62. The lowest BCUT2D eigenvalue weighted by Gasteiger charge is -2.14. The fraction of sp³-hybridized carbons (Fsp3) is 0.333. The van der Waals surface area contributed by atoms with Gasteiger partial charge in [-0.25, -0.2) is 0 Å². The summed E-state index contributed by atoms with van der Waals surface area (Å²) in [6.07, 6.45) is 4.36. The van der Waals surface area contributed by atoms with Gasteiger partial charge in [-0.15, -0.1) is 12.4 Å². The molecule has 2 heterocycles. The van der Waals surface area contributed by atoms with E-state index < -0.39 is 0 Å². The Bertz CT molecular complexity index is 854. The van der Waals surface area contributed by atoms with E-state index in [4.69, 9.17) is 0 Å². The smallest absolute Gasteiger partial charge is 0.241 e. The van der Waals surface area contributed by atoms with E-state index in [1.165, 1.54) is 10.9 Å². The Morgan fingerprint density at radius 3 is 2.80 bits per heavy atom. The van der Waals surface area contributed by atoms with Gasteiger partial charge in [0.2, 0.25) is 5.91 Å². The minimum Gasteiger partial charge on any atom is -0.358 e. The number of aromatic nitrogens is 3. The summed E-state index contributed by atoms with van der Waals surface area (Å²) < 4.78 is 1.70. The van der Waals surface area contributed by atoms with Gasteiger partial charge in [0.25, 0.3) is 0 Å². The normalized spacial score (nSPS) is 12.0. The first kappa shape index (κ1) is 19.0. The molecule has 1 amide bonds. The van der Waals surface area contributed by atoms with Gasteiger partial charge in [-0.2, -0.15) is 5.10 Å². The van der Waals surface area contributed by atoms with Crippen molar-refractivity contribution < 1.29 is 4.79 Å². The maximum atomic E-state index is 12.4. The summed E-state index contributed by atoms with van der Waals surface area (Å²) in [4.78, 5) is 15.8. The van der Waals surface area contributed by atoms with Gasteiger partial charge < -0.3 is 15.6 Å². The first-order chi connectivity index (χ1) is 11.6. The number of carbonyl (C=O) groups is 1. The number of nitrogens with one attached hydrogen (secondary N) is 3. The molecule has 0 aliphatic heterocycles. The number of likely N-dealkylation sites (N-methyl/N-ethyl adjacent to an activating group) is 1. The van der Waals surface area contributed by atoms with Crippen LogP contribution in [0, 0.1) is 6.92 Å². The van der Waals surface area contributed by atoms with Crippen molar-refractivity contribution in [1.29, 1.82) is 0 Å². The SMILES string of the molecule is CNC(C(=O)NCCc1c(C)[nH]c2ccccc12)c1cnn(C)c1.Cl. The van der Waals surface area contributed by atoms with Gasteiger partial charge in [-0.3, -0.25) is 9.48 Å². The summed E-state index contributed by atoms with van der Waals surface area (Å²) in [5.74, 6) is -0.0389. The predicted octanol–water partition coefficient (Wildman–Crippen LogP) is 2.25. The summed E-state index contributed by atoms with van der Waals surface area (Å²) >= 11 is 0. The highest BCUT2D eigenvalue weighted by atomic mass is 35.5. The molecule has 0 spiro atoms. The molecule has 2 aromatic heterocycles. The van der Waals surface area contributed by atoms with Crippen molar-refractivity contribution in [1.82, 2.24) is 25.4 Å². The van der Waals surface area contributed by atoms with Gasteiger partial charge in [-0.05, 0) is 32.0 Å². The second-order valence-electron chi connectivity index (χ2n) is 5.98. The number of nitrogens with zero attached hydrogens (tertiary/aromatic N) is 2. The number of hydrogen-bond donors (Lipinski definition) is 3. The third kappa shape index (κ3) is 4.03. The molecule has 134 valence electrons. The Labute approximate surface area is 153 Å². The molecular weight excluding hydrogens is 338 g/mol. The zero-order valence-corrected chi connectivity index (χ0v) is 15.5. The molecule has 0 saturated heterocycles. The lowest BCUT2D eigenvalue weighted by atomic mass is 10.1. The van der Waals surface area contributed by atoms with E-state index in [-0.39, 0.29) is 24.4 Å². The molecule has 3 aromatic rings. The zero-order chi connectivity index (χ0) is 17.1. The number of hydrogen-bond acceptors (Lipinski definition) is 3. The molecule has 1 aromatic carbocycles. The van der Waals surface area contributed by atoms with Gasteiger partial charge in [0.1, 0.15) is 6.04 Å². The molecule has 6 nitrogen and oxygen atoms in total. The molecule has 0 aliphatic carbocycles. The number of para-hydroxylation sites is 1. The molecule has 7 heteroatoms. The minimum atomic E-state index is -0.386. The number of carbonyl (C=O) groups excluding carboxylic acids is 1. The van der Waals surface area contributed by atoms with Crippen LogP contribution in [-0.2, 0) is 18.3 Å². The molecule has 1 unspecified atom stereocenters. The van der Waals surface area contributed by atoms with E-state index in [2.05, 4.69) is 39.8 Å². The number of aryl methyl sites for hydroxylation is 2. The van der Waals surface area contributed by atoms with Crippen LogP contribution in [0.3, 0.4) is 0 Å². The molecule has 0 fully saturated rings. The highest BCUT2D eigenvalue weighted by Crippen LogP contribution is 2.22. The number of fused-ring (bicyclic) bond motifs is 1. The number of benzene rings is 1. The third-order valence-electron chi connectivity index (χ3n) is 4.31. The third-order valence-corrected chi connectivity index (χ3v) is 4.31. The minimum absolute atomic E-state index is 0. The second kappa shape index (κ2) is 8.18. The zero-order valence-electron chi connectivity index (χ0n) is 14.7. The Hall–Kier alpha value is -2.31. The van der Waals surface area contributed by atoms with Crippen LogP contribution in [-0.4, -0.2) is 34.3 Å². The van der Waals surface area contributed by atoms with E-state index in [0.717, 1.165) is 23.2 Å². The molecule has 3 rings (SSSR count). The van der Waals surface area contributed by atoms with Crippen LogP contribution in [0.5, 0.6) is 0 Å². The molecule has 3 N–H and O–H groups in total. The van der Waals surface area contributed by atoms with E-state index in [9.17, 15) is 4.79 Å². The van der Waals surface area contributed by atoms with Crippen LogP contribution in [0.15, 0.2) is 36.7 Å². The first-order valence-electron chi connectivity index (χ1n) is 8.10. The summed E-state index contributed by atoms with van der Waals surface area (Å²) in [6, 6.07) is 7.86. The molecule has 0 aliphatic rings. The Balaban J connectivity index is 0.00000225. The fourth-order valence-electron chi connectivity index (χ4n) is 3.11. The van der Waals surface area contributed by atoms with Crippen LogP contribution >= 0.6 is 12.4 Å². The number of halogens is 1. The van der Waals surface area contributed by atoms with E-state index >= 15 is 0 Å². The quantitative estimate of drug-likeness (QED) is 0.630. The average Bonchev–Trinajstić information content (AvgIpc) is 3.12. The molecule has 0 bridgehead atoms. The maximum absolute atomic E-state index is 12.4. The topological polar surface area (TPSA) is 74.7 Å². The van der Waals surface area contributed by atoms with Crippen molar-refractivity contribution in [3.63, 3.8) is 0 Å². The van der Waals surface area contributed by atoms with Crippen molar-refractivity contribution in [3.8, 4) is 0 Å². The first-order valence-corrected chi connectivity index (χ1v) is 8.10. The van der Waals surface area contributed by atoms with Gasteiger partial charge >= 0.3 is 0 Å². The highest BCUT2D eigenvalue weighted by Gasteiger charge is 2.19. The second-order valence-corrected chi connectivity index (χ2v) is 5.98. The van der Waals surface area contributed by atoms with Crippen molar-refractivity contribution in [2.75, 3.05) is 13.6 Å². The average molecular weight is 362 g/mol. The number of H-pyrrole nitrogens is 1.